The summed E-state index contributed by atoms with van der Waals surface area (Å²) in [5.41, 5.74) is 0. The van der Waals surface area contributed by atoms with Crippen LogP contribution in [0, 0.1) is 0 Å². The lowest BCUT2D eigenvalue weighted by Crippen LogP contribution is -2.13. The first-order chi connectivity index (χ1) is 6.18. The van der Waals surface area contributed by atoms with Gasteiger partial charge in [0.05, 0.1) is 6.61 Å². The van der Waals surface area contributed by atoms with Crippen molar-refractivity contribution in [3.63, 3.8) is 0 Å². The first-order valence-corrected chi connectivity index (χ1v) is 4.21. The van der Waals surface area contributed by atoms with Crippen LogP contribution in [-0.4, -0.2) is 32.2 Å². The fourth-order valence-corrected chi connectivity index (χ4v) is 0.716. The van der Waals surface area contributed by atoms with E-state index in [0.717, 1.165) is 13.2 Å². The van der Waals surface area contributed by atoms with Gasteiger partial charge in [0.1, 0.15) is 0 Å². The quantitative estimate of drug-likeness (QED) is 0.629. The van der Waals surface area contributed by atoms with Crippen molar-refractivity contribution in [3.8, 4) is 0 Å². The molecular weight excluding hydrogens is 182 g/mol. The van der Waals surface area contributed by atoms with Crippen LogP contribution >= 0.6 is 0 Å². The Bertz CT molecular complexity index is 128. The predicted molar refractivity (Wildman–Crippen MR) is 42.7 cm³/mol. The lowest BCUT2D eigenvalue weighted by atomic mass is 10.4. The second kappa shape index (κ2) is 7.91. The summed E-state index contributed by atoms with van der Waals surface area (Å²) < 4.78 is 31.1. The highest BCUT2D eigenvalue weighted by atomic mass is 19.3. The van der Waals surface area contributed by atoms with Crippen molar-refractivity contribution in [3.05, 3.63) is 0 Å². The van der Waals surface area contributed by atoms with E-state index in [1.165, 1.54) is 19.8 Å². The number of hydrogen-bond acceptors (Lipinski definition) is 3. The van der Waals surface area contributed by atoms with Crippen molar-refractivity contribution in [1.29, 1.82) is 0 Å². The van der Waals surface area contributed by atoms with E-state index in [1.807, 2.05) is 0 Å². The Morgan fingerprint density at radius 3 is 2.15 bits per heavy atom. The van der Waals surface area contributed by atoms with Gasteiger partial charge in [0.2, 0.25) is 0 Å². The van der Waals surface area contributed by atoms with Crippen molar-refractivity contribution in [2.24, 2.45) is 0 Å². The Morgan fingerprint density at radius 2 is 2.00 bits per heavy atom. The summed E-state index contributed by atoms with van der Waals surface area (Å²) in [5, 5.41) is 0. The summed E-state index contributed by atoms with van der Waals surface area (Å²) in [6, 6.07) is 0. The van der Waals surface area contributed by atoms with Crippen LogP contribution in [0.5, 0.6) is 0 Å². The van der Waals surface area contributed by atoms with Gasteiger partial charge >= 0.3 is 12.4 Å². The Labute approximate surface area is 76.0 Å². The van der Waals surface area contributed by atoms with Gasteiger partial charge < -0.3 is 9.47 Å². The minimum Gasteiger partial charge on any atom is -0.462 e. The van der Waals surface area contributed by atoms with Gasteiger partial charge in [0, 0.05) is 13.2 Å². The predicted octanol–water partition coefficient (Wildman–Crippen LogP) is 1.61. The lowest BCUT2D eigenvalue weighted by Gasteiger charge is -1.96. The van der Waals surface area contributed by atoms with Gasteiger partial charge in [-0.15, -0.1) is 0 Å². The largest absolute Gasteiger partial charge is 0.462 e. The third-order valence-electron chi connectivity index (χ3n) is 1.29. The Balaban J connectivity index is 0.000000243. The molecule has 5 heteroatoms. The van der Waals surface area contributed by atoms with Gasteiger partial charge in [-0.05, 0) is 19.8 Å². The highest BCUT2D eigenvalue weighted by molar-refractivity contribution is 5.72. The zero-order valence-electron chi connectivity index (χ0n) is 7.59. The molecule has 0 spiro atoms. The topological polar surface area (TPSA) is 35.5 Å². The minimum absolute atomic E-state index is 0.00315. The van der Waals surface area contributed by atoms with Gasteiger partial charge in [-0.3, -0.25) is 0 Å². The zero-order valence-corrected chi connectivity index (χ0v) is 7.59. The maximum absolute atomic E-state index is 11.1. The van der Waals surface area contributed by atoms with Crippen LogP contribution in [0.1, 0.15) is 19.8 Å². The number of halogens is 2. The van der Waals surface area contributed by atoms with Crippen LogP contribution in [0.3, 0.4) is 0 Å². The molecule has 0 aliphatic carbocycles. The molecule has 13 heavy (non-hydrogen) atoms. The third kappa shape index (κ3) is 7.64. The normalized spacial score (nSPS) is 15.1. The van der Waals surface area contributed by atoms with Crippen LogP contribution in [0.2, 0.25) is 0 Å². The average Bonchev–Trinajstić information content (AvgIpc) is 2.61. The van der Waals surface area contributed by atoms with E-state index in [2.05, 4.69) is 4.74 Å². The van der Waals surface area contributed by atoms with Crippen molar-refractivity contribution in [2.75, 3.05) is 19.8 Å². The molecule has 0 saturated carbocycles. The molecule has 0 aromatic carbocycles. The molecule has 0 atom stereocenters. The minimum atomic E-state index is -2.99. The van der Waals surface area contributed by atoms with Crippen molar-refractivity contribution >= 4 is 5.97 Å². The summed E-state index contributed by atoms with van der Waals surface area (Å²) in [6.45, 7) is 3.48. The van der Waals surface area contributed by atoms with Gasteiger partial charge in [0.25, 0.3) is 0 Å². The number of carbonyl (C=O) groups excluding carboxylic acids is 1. The lowest BCUT2D eigenvalue weighted by molar-refractivity contribution is -0.155. The summed E-state index contributed by atoms with van der Waals surface area (Å²) >= 11 is 0. The molecule has 0 aromatic heterocycles. The number of ether oxygens (including phenoxy) is 2. The number of rotatable bonds is 2. The second-order valence-corrected chi connectivity index (χ2v) is 2.37. The molecule has 1 heterocycles. The van der Waals surface area contributed by atoms with Crippen LogP contribution < -0.4 is 0 Å². The van der Waals surface area contributed by atoms with Crippen molar-refractivity contribution in [1.82, 2.24) is 0 Å². The van der Waals surface area contributed by atoms with E-state index in [9.17, 15) is 13.6 Å². The highest BCUT2D eigenvalue weighted by Gasteiger charge is 2.14. The van der Waals surface area contributed by atoms with Gasteiger partial charge in [-0.25, -0.2) is 4.79 Å². The summed E-state index contributed by atoms with van der Waals surface area (Å²) in [6.07, 6.45) is -0.435. The Morgan fingerprint density at radius 1 is 1.46 bits per heavy atom. The summed E-state index contributed by atoms with van der Waals surface area (Å²) in [7, 11) is 0. The molecule has 0 bridgehead atoms. The molecule has 1 fully saturated rings. The Kier molecular flexibility index (Phi) is 7.48. The fraction of sp³-hybridized carbons (Fsp3) is 0.875. The number of hydrogen-bond donors (Lipinski definition) is 0. The fourth-order valence-electron chi connectivity index (χ4n) is 0.716. The van der Waals surface area contributed by atoms with Gasteiger partial charge in [-0.1, -0.05) is 0 Å². The van der Waals surface area contributed by atoms with Crippen LogP contribution in [-0.2, 0) is 14.3 Å². The monoisotopic (exact) mass is 196 g/mol. The number of esters is 1. The molecule has 1 saturated heterocycles. The van der Waals surface area contributed by atoms with Gasteiger partial charge in [0.15, 0.2) is 0 Å². The molecule has 1 aliphatic heterocycles. The first-order valence-electron chi connectivity index (χ1n) is 4.21. The second-order valence-electron chi connectivity index (χ2n) is 2.37. The molecular formula is C8H14F2O3. The average molecular weight is 196 g/mol. The number of alkyl halides is 2. The van der Waals surface area contributed by atoms with Crippen molar-refractivity contribution in [2.45, 2.75) is 26.2 Å². The SMILES string of the molecule is C1CCOC1.CCOC(=O)C(F)F. The number of carbonyl (C=O) groups is 1. The van der Waals surface area contributed by atoms with E-state index in [0.29, 0.717) is 0 Å². The molecule has 1 rings (SSSR count). The zero-order chi connectivity index (χ0) is 10.1. The van der Waals surface area contributed by atoms with E-state index < -0.39 is 12.4 Å². The molecule has 0 N–H and O–H groups in total. The highest BCUT2D eigenvalue weighted by Crippen LogP contribution is 1.98. The van der Waals surface area contributed by atoms with Crippen LogP contribution in [0.15, 0.2) is 0 Å². The summed E-state index contributed by atoms with van der Waals surface area (Å²) in [5.74, 6) is -1.45. The molecule has 78 valence electrons. The van der Waals surface area contributed by atoms with Gasteiger partial charge in [-0.2, -0.15) is 8.78 Å². The van der Waals surface area contributed by atoms with Crippen molar-refractivity contribution < 1.29 is 23.0 Å². The smallest absolute Gasteiger partial charge is 0.373 e. The molecule has 0 aromatic rings. The van der Waals surface area contributed by atoms with Crippen LogP contribution in [0.4, 0.5) is 8.78 Å². The molecule has 1 aliphatic rings. The third-order valence-corrected chi connectivity index (χ3v) is 1.29. The summed E-state index contributed by atoms with van der Waals surface area (Å²) in [4.78, 5) is 9.77. The standard InChI is InChI=1S/C4H6F2O2.C4H8O/c1-2-8-4(7)3(5)6;1-2-4-5-3-1/h3H,2H2,1H3;1-4H2. The maximum atomic E-state index is 11.1. The van der Waals surface area contributed by atoms with E-state index in [-0.39, 0.29) is 6.61 Å². The molecule has 0 radical (unpaired) electrons. The first kappa shape index (κ1) is 12.3. The van der Waals surface area contributed by atoms with E-state index >= 15 is 0 Å². The maximum Gasteiger partial charge on any atom is 0.373 e. The molecule has 0 unspecified atom stereocenters. The van der Waals surface area contributed by atoms with Crippen LogP contribution in [0.25, 0.3) is 0 Å². The molecule has 3 nitrogen and oxygen atoms in total. The Hall–Kier alpha value is -0.710. The van der Waals surface area contributed by atoms with E-state index in [1.54, 1.807) is 0 Å². The van der Waals surface area contributed by atoms with E-state index in [4.69, 9.17) is 4.74 Å². The molecule has 0 amide bonds.